The first-order valence-electron chi connectivity index (χ1n) is 7.59. The van der Waals surface area contributed by atoms with Gasteiger partial charge in [-0.3, -0.25) is 14.6 Å². The number of carbonyl (C=O) groups is 2. The first kappa shape index (κ1) is 19.4. The summed E-state index contributed by atoms with van der Waals surface area (Å²) < 4.78 is 51.7. The molecule has 0 aromatic heterocycles. The van der Waals surface area contributed by atoms with Gasteiger partial charge in [-0.15, -0.1) is 0 Å². The number of halogens is 4. The topological polar surface area (TPSA) is 82.6 Å². The second kappa shape index (κ2) is 7.54. The molecule has 26 heavy (non-hydrogen) atoms. The maximum atomic E-state index is 13.4. The van der Waals surface area contributed by atoms with Crippen molar-refractivity contribution in [2.24, 2.45) is 4.99 Å². The van der Waals surface area contributed by atoms with Crippen LogP contribution in [0.15, 0.2) is 35.6 Å². The van der Waals surface area contributed by atoms with Gasteiger partial charge in [0.15, 0.2) is 0 Å². The molecule has 0 radical (unpaired) electrons. The minimum atomic E-state index is -4.71. The molecule has 0 bridgehead atoms. The van der Waals surface area contributed by atoms with E-state index in [-0.39, 0.29) is 18.5 Å². The summed E-state index contributed by atoms with van der Waals surface area (Å²) in [7, 11) is 0. The van der Waals surface area contributed by atoms with Gasteiger partial charge in [-0.1, -0.05) is 6.92 Å². The number of carbonyl (C=O) groups excluding carboxylic acids is 2. The average Bonchev–Trinajstić information content (AvgIpc) is 2.59. The van der Waals surface area contributed by atoms with Gasteiger partial charge in [-0.05, 0) is 23.8 Å². The number of hydrogen-bond donors (Lipinski definition) is 3. The SMILES string of the molecule is CCC(=O)NC1(C(=O)NCc2cc(F)cc(C(F)(F)F)c2)C=NC=CN1. The highest BCUT2D eigenvalue weighted by Crippen LogP contribution is 2.30. The monoisotopic (exact) mass is 372 g/mol. The smallest absolute Gasteiger partial charge is 0.355 e. The van der Waals surface area contributed by atoms with Gasteiger partial charge in [0, 0.05) is 25.4 Å². The Morgan fingerprint density at radius 3 is 2.58 bits per heavy atom. The van der Waals surface area contributed by atoms with Crippen LogP contribution in [0.3, 0.4) is 0 Å². The Balaban J connectivity index is 2.16. The van der Waals surface area contributed by atoms with Crippen molar-refractivity contribution in [1.82, 2.24) is 16.0 Å². The molecule has 0 saturated carbocycles. The molecule has 2 rings (SSSR count). The van der Waals surface area contributed by atoms with Gasteiger partial charge in [0.1, 0.15) is 5.82 Å². The number of hydrogen-bond acceptors (Lipinski definition) is 4. The van der Waals surface area contributed by atoms with Crippen molar-refractivity contribution in [2.75, 3.05) is 0 Å². The maximum absolute atomic E-state index is 13.4. The number of nitrogens with one attached hydrogen (secondary N) is 3. The third-order valence-corrected chi connectivity index (χ3v) is 3.49. The van der Waals surface area contributed by atoms with Gasteiger partial charge in [0.2, 0.25) is 11.6 Å². The Morgan fingerprint density at radius 1 is 1.27 bits per heavy atom. The van der Waals surface area contributed by atoms with Crippen molar-refractivity contribution in [1.29, 1.82) is 0 Å². The minimum Gasteiger partial charge on any atom is -0.355 e. The van der Waals surface area contributed by atoms with Gasteiger partial charge in [-0.2, -0.15) is 13.2 Å². The maximum Gasteiger partial charge on any atom is 0.416 e. The molecule has 0 saturated heterocycles. The Bertz CT molecular complexity index is 761. The highest BCUT2D eigenvalue weighted by molar-refractivity contribution is 6.06. The average molecular weight is 372 g/mol. The molecule has 6 nitrogen and oxygen atoms in total. The highest BCUT2D eigenvalue weighted by atomic mass is 19.4. The van der Waals surface area contributed by atoms with E-state index in [0.29, 0.717) is 6.07 Å². The van der Waals surface area contributed by atoms with E-state index in [1.54, 1.807) is 6.92 Å². The van der Waals surface area contributed by atoms with Crippen molar-refractivity contribution in [2.45, 2.75) is 31.7 Å². The predicted octanol–water partition coefficient (Wildman–Crippen LogP) is 1.83. The van der Waals surface area contributed by atoms with Gasteiger partial charge in [-0.25, -0.2) is 4.39 Å². The molecule has 1 aromatic carbocycles. The molecule has 2 amide bonds. The molecule has 140 valence electrons. The summed E-state index contributed by atoms with van der Waals surface area (Å²) in [4.78, 5) is 28.0. The van der Waals surface area contributed by atoms with Gasteiger partial charge < -0.3 is 16.0 Å². The van der Waals surface area contributed by atoms with Crippen LogP contribution in [-0.4, -0.2) is 23.7 Å². The van der Waals surface area contributed by atoms with Gasteiger partial charge in [0.05, 0.1) is 11.8 Å². The molecule has 0 aliphatic carbocycles. The fourth-order valence-corrected chi connectivity index (χ4v) is 2.20. The second-order valence-corrected chi connectivity index (χ2v) is 5.48. The molecule has 1 heterocycles. The van der Waals surface area contributed by atoms with Crippen molar-refractivity contribution in [3.63, 3.8) is 0 Å². The third-order valence-electron chi connectivity index (χ3n) is 3.49. The molecule has 1 aliphatic rings. The predicted molar refractivity (Wildman–Crippen MR) is 85.2 cm³/mol. The summed E-state index contributed by atoms with van der Waals surface area (Å²) in [5, 5.41) is 7.47. The van der Waals surface area contributed by atoms with Crippen LogP contribution in [0.1, 0.15) is 24.5 Å². The lowest BCUT2D eigenvalue weighted by molar-refractivity contribution is -0.137. The largest absolute Gasteiger partial charge is 0.416 e. The molecular weight excluding hydrogens is 356 g/mol. The zero-order chi connectivity index (χ0) is 19.4. The lowest BCUT2D eigenvalue weighted by atomic mass is 10.1. The molecule has 0 fully saturated rings. The highest BCUT2D eigenvalue weighted by Gasteiger charge is 2.38. The van der Waals surface area contributed by atoms with Crippen LogP contribution in [0.5, 0.6) is 0 Å². The lowest BCUT2D eigenvalue weighted by Crippen LogP contribution is -2.67. The Morgan fingerprint density at radius 2 is 2.00 bits per heavy atom. The third kappa shape index (κ3) is 4.58. The van der Waals surface area contributed by atoms with E-state index < -0.39 is 35.0 Å². The first-order chi connectivity index (χ1) is 12.2. The number of nitrogens with zero attached hydrogens (tertiary/aromatic N) is 1. The summed E-state index contributed by atoms with van der Waals surface area (Å²) in [6, 6.07) is 1.99. The number of alkyl halides is 3. The Kier molecular flexibility index (Phi) is 5.63. The number of benzene rings is 1. The van der Waals surface area contributed by atoms with E-state index in [1.807, 2.05) is 0 Å². The lowest BCUT2D eigenvalue weighted by Gasteiger charge is -2.31. The van der Waals surface area contributed by atoms with E-state index in [2.05, 4.69) is 20.9 Å². The molecular formula is C16H16F4N4O2. The van der Waals surface area contributed by atoms with Crippen molar-refractivity contribution >= 4 is 18.0 Å². The zero-order valence-corrected chi connectivity index (χ0v) is 13.7. The Hall–Kier alpha value is -2.91. The van der Waals surface area contributed by atoms with E-state index in [1.165, 1.54) is 12.4 Å². The molecule has 1 aromatic rings. The van der Waals surface area contributed by atoms with E-state index >= 15 is 0 Å². The molecule has 1 atom stereocenters. The van der Waals surface area contributed by atoms with Gasteiger partial charge in [0.25, 0.3) is 5.91 Å². The van der Waals surface area contributed by atoms with Crippen LogP contribution in [0.2, 0.25) is 0 Å². The van der Waals surface area contributed by atoms with E-state index in [4.69, 9.17) is 0 Å². The van der Waals surface area contributed by atoms with Crippen molar-refractivity contribution in [3.8, 4) is 0 Å². The quantitative estimate of drug-likeness (QED) is 0.690. The minimum absolute atomic E-state index is 0.0778. The van der Waals surface area contributed by atoms with Crippen LogP contribution < -0.4 is 16.0 Å². The fraction of sp³-hybridized carbons (Fsp3) is 0.312. The standard InChI is InChI=1S/C16H16F4N4O2/c1-2-13(25)24-15(9-21-3-4-23-15)14(26)22-8-10-5-11(16(18,19)20)7-12(17)6-10/h3-7,9,23H,2,8H2,1H3,(H,22,26)(H,24,25). The van der Waals surface area contributed by atoms with Crippen LogP contribution >= 0.6 is 0 Å². The summed E-state index contributed by atoms with van der Waals surface area (Å²) in [6.45, 7) is 1.21. The fourth-order valence-electron chi connectivity index (χ4n) is 2.20. The molecule has 1 unspecified atom stereocenters. The van der Waals surface area contributed by atoms with E-state index in [0.717, 1.165) is 18.3 Å². The molecule has 1 aliphatic heterocycles. The normalized spacial score (nSPS) is 19.0. The second-order valence-electron chi connectivity index (χ2n) is 5.48. The number of aliphatic imine (C=N–C) groups is 1. The van der Waals surface area contributed by atoms with Crippen molar-refractivity contribution in [3.05, 3.63) is 47.5 Å². The summed E-state index contributed by atoms with van der Waals surface area (Å²) in [6.07, 6.45) is -0.763. The number of rotatable bonds is 5. The molecule has 3 N–H and O–H groups in total. The van der Waals surface area contributed by atoms with Crippen molar-refractivity contribution < 1.29 is 27.2 Å². The van der Waals surface area contributed by atoms with E-state index in [9.17, 15) is 27.2 Å². The zero-order valence-electron chi connectivity index (χ0n) is 13.7. The van der Waals surface area contributed by atoms with Crippen LogP contribution in [0.4, 0.5) is 17.6 Å². The van der Waals surface area contributed by atoms with Crippen LogP contribution in [-0.2, 0) is 22.3 Å². The van der Waals surface area contributed by atoms with Crippen LogP contribution in [0.25, 0.3) is 0 Å². The molecule has 0 spiro atoms. The Labute approximate surface area is 146 Å². The summed E-state index contributed by atoms with van der Waals surface area (Å²) in [5.74, 6) is -2.27. The summed E-state index contributed by atoms with van der Waals surface area (Å²) >= 11 is 0. The van der Waals surface area contributed by atoms with Gasteiger partial charge >= 0.3 is 6.18 Å². The summed E-state index contributed by atoms with van der Waals surface area (Å²) in [5.41, 5.74) is -2.91. The first-order valence-corrected chi connectivity index (χ1v) is 7.59. The number of amides is 2. The molecule has 10 heteroatoms. The van der Waals surface area contributed by atoms with Crippen LogP contribution in [0, 0.1) is 5.82 Å².